The van der Waals surface area contributed by atoms with Gasteiger partial charge in [0, 0.05) is 0 Å². The number of halogens is 2. The molecule has 0 aromatic rings. The average Bonchev–Trinajstić information content (AvgIpc) is 0.918. The van der Waals surface area contributed by atoms with Crippen LogP contribution in [-0.2, 0) is 21.7 Å². The van der Waals surface area contributed by atoms with Crippen molar-refractivity contribution in [2.24, 2.45) is 0 Å². The fraction of sp³-hybridized carbons (Fsp3) is 0.500. The van der Waals surface area contributed by atoms with E-state index in [1.807, 2.05) is 0 Å². The molecule has 1 nitrogen and oxygen atoms in total. The quantitative estimate of drug-likeness (QED) is 0.325. The first kappa shape index (κ1) is 26.8. The van der Waals surface area contributed by atoms with E-state index in [0.717, 1.165) is 0 Å². The SMILES string of the molecule is [CH2]C[O-].[Cl-].[Cl-].[Ti+3]. The van der Waals surface area contributed by atoms with Gasteiger partial charge in [-0.15, -0.1) is 6.61 Å². The average molecular weight is 163 g/mol. The second kappa shape index (κ2) is 34.0. The van der Waals surface area contributed by atoms with E-state index in [4.69, 9.17) is 5.11 Å². The summed E-state index contributed by atoms with van der Waals surface area (Å²) in [5.41, 5.74) is 0. The van der Waals surface area contributed by atoms with Crippen molar-refractivity contribution in [1.29, 1.82) is 0 Å². The summed E-state index contributed by atoms with van der Waals surface area (Å²) in [5, 5.41) is 8.82. The van der Waals surface area contributed by atoms with Crippen molar-refractivity contribution in [2.45, 2.75) is 0 Å². The van der Waals surface area contributed by atoms with Crippen LogP contribution in [0.15, 0.2) is 0 Å². The number of hydrogen-bond acceptors (Lipinski definition) is 1. The summed E-state index contributed by atoms with van der Waals surface area (Å²) in [4.78, 5) is 0. The first-order valence-corrected chi connectivity index (χ1v) is 0.789. The van der Waals surface area contributed by atoms with Crippen LogP contribution >= 0.6 is 0 Å². The van der Waals surface area contributed by atoms with Crippen LogP contribution < -0.4 is 29.9 Å². The predicted molar refractivity (Wildman–Crippen MR) is 10.2 cm³/mol. The Morgan fingerprint density at radius 3 is 1.33 bits per heavy atom. The summed E-state index contributed by atoms with van der Waals surface area (Å²) in [7, 11) is 0. The van der Waals surface area contributed by atoms with Crippen molar-refractivity contribution in [3.8, 4) is 0 Å². The molecule has 0 saturated carbocycles. The number of rotatable bonds is 0. The van der Waals surface area contributed by atoms with E-state index >= 15 is 0 Å². The van der Waals surface area contributed by atoms with Crippen LogP contribution in [-0.4, -0.2) is 6.61 Å². The molecule has 0 bridgehead atoms. The van der Waals surface area contributed by atoms with E-state index in [2.05, 4.69) is 6.92 Å². The Morgan fingerprint density at radius 2 is 1.33 bits per heavy atom. The van der Waals surface area contributed by atoms with Gasteiger partial charge in [0.1, 0.15) is 0 Å². The zero-order chi connectivity index (χ0) is 2.71. The van der Waals surface area contributed by atoms with E-state index in [1.165, 1.54) is 0 Å². The van der Waals surface area contributed by atoms with Crippen molar-refractivity contribution in [3.05, 3.63) is 6.92 Å². The Kier molecular flexibility index (Phi) is 152. The summed E-state index contributed by atoms with van der Waals surface area (Å²) in [5.74, 6) is 0. The van der Waals surface area contributed by atoms with Crippen molar-refractivity contribution >= 4 is 0 Å². The van der Waals surface area contributed by atoms with Crippen molar-refractivity contribution in [1.82, 2.24) is 0 Å². The van der Waals surface area contributed by atoms with Crippen molar-refractivity contribution in [2.75, 3.05) is 6.61 Å². The van der Waals surface area contributed by atoms with Gasteiger partial charge < -0.3 is 29.9 Å². The zero-order valence-electron chi connectivity index (χ0n) is 3.08. The molecule has 0 heterocycles. The Labute approximate surface area is 65.2 Å². The summed E-state index contributed by atoms with van der Waals surface area (Å²) in [6.07, 6.45) is 0. The Morgan fingerprint density at radius 1 is 1.33 bits per heavy atom. The normalized spacial score (nSPS) is 3.00. The fourth-order valence-electron chi connectivity index (χ4n) is 0. The molecule has 6 heavy (non-hydrogen) atoms. The molecule has 0 aliphatic rings. The van der Waals surface area contributed by atoms with E-state index in [1.54, 1.807) is 0 Å². The van der Waals surface area contributed by atoms with Gasteiger partial charge in [0.05, 0.1) is 0 Å². The van der Waals surface area contributed by atoms with Gasteiger partial charge in [-0.05, 0) is 0 Å². The van der Waals surface area contributed by atoms with Gasteiger partial charge >= 0.3 is 21.7 Å². The Hall–Kier alpha value is 1.25. The molecule has 0 saturated heterocycles. The number of hydrogen-bond donors (Lipinski definition) is 0. The summed E-state index contributed by atoms with van der Waals surface area (Å²) < 4.78 is 0. The molecule has 0 aliphatic carbocycles. The smallest absolute Gasteiger partial charge is 1.00 e. The monoisotopic (exact) mass is 162 g/mol. The molecule has 0 N–H and O–H groups in total. The zero-order valence-corrected chi connectivity index (χ0v) is 6.15. The van der Waals surface area contributed by atoms with Gasteiger partial charge in [0.25, 0.3) is 0 Å². The Bertz CT molecular complexity index is 11.5. The molecule has 0 spiro atoms. The van der Waals surface area contributed by atoms with Crippen LogP contribution in [0.2, 0.25) is 0 Å². The molecule has 0 aliphatic heterocycles. The maximum Gasteiger partial charge on any atom is 3.00 e. The third kappa shape index (κ3) is 60.4. The van der Waals surface area contributed by atoms with Gasteiger partial charge in [0.15, 0.2) is 0 Å². The fourth-order valence-corrected chi connectivity index (χ4v) is 0. The topological polar surface area (TPSA) is 23.1 Å². The molecule has 0 rings (SSSR count). The first-order chi connectivity index (χ1) is 1.41. The molecule has 4 heteroatoms. The molecule has 2 radical (unpaired) electrons. The van der Waals surface area contributed by atoms with E-state index in [9.17, 15) is 0 Å². The van der Waals surface area contributed by atoms with Crippen LogP contribution in [0, 0.1) is 6.92 Å². The van der Waals surface area contributed by atoms with Gasteiger partial charge in [-0.2, -0.15) is 0 Å². The molecular formula is C2H4Cl2OTi. The van der Waals surface area contributed by atoms with E-state index in [-0.39, 0.29) is 53.1 Å². The second-order valence-corrected chi connectivity index (χ2v) is 0.204. The maximum atomic E-state index is 8.82. The van der Waals surface area contributed by atoms with Crippen LogP contribution in [0.3, 0.4) is 0 Å². The van der Waals surface area contributed by atoms with Crippen molar-refractivity contribution in [3.63, 3.8) is 0 Å². The van der Waals surface area contributed by atoms with Crippen LogP contribution in [0.5, 0.6) is 0 Å². The van der Waals surface area contributed by atoms with E-state index in [0.29, 0.717) is 0 Å². The van der Waals surface area contributed by atoms with Gasteiger partial charge in [-0.3, -0.25) is 0 Å². The standard InChI is InChI=1S/C2H4O.2ClH.Ti/c1-2-3;;;/h1-2H2;2*1H;/q-1;;;+3/p-2. The van der Waals surface area contributed by atoms with Gasteiger partial charge in [-0.1, -0.05) is 6.92 Å². The molecule has 0 fully saturated rings. The predicted octanol–water partition coefficient (Wildman–Crippen LogP) is -6.81. The third-order valence-electron chi connectivity index (χ3n) is 0. The van der Waals surface area contributed by atoms with Gasteiger partial charge in [-0.25, -0.2) is 0 Å². The largest absolute Gasteiger partial charge is 3.00 e. The molecule has 0 amide bonds. The summed E-state index contributed by atoms with van der Waals surface area (Å²) >= 11 is 0. The third-order valence-corrected chi connectivity index (χ3v) is 0. The molecule has 36 valence electrons. The van der Waals surface area contributed by atoms with Crippen molar-refractivity contribution < 1.29 is 51.6 Å². The Balaban J connectivity index is -0.00000000667. The molecule has 0 unspecified atom stereocenters. The first-order valence-electron chi connectivity index (χ1n) is 0.789. The second-order valence-electron chi connectivity index (χ2n) is 0.204. The summed E-state index contributed by atoms with van der Waals surface area (Å²) in [6, 6.07) is 0. The molecule has 0 aromatic carbocycles. The van der Waals surface area contributed by atoms with Crippen LogP contribution in [0.25, 0.3) is 0 Å². The maximum absolute atomic E-state index is 8.82. The van der Waals surface area contributed by atoms with E-state index < -0.39 is 0 Å². The summed E-state index contributed by atoms with van der Waals surface area (Å²) in [6.45, 7) is 2.68. The van der Waals surface area contributed by atoms with Gasteiger partial charge in [0.2, 0.25) is 0 Å². The van der Waals surface area contributed by atoms with Crippen LogP contribution in [0.4, 0.5) is 0 Å². The van der Waals surface area contributed by atoms with Crippen LogP contribution in [0.1, 0.15) is 0 Å². The minimum atomic E-state index is -0.250. The molecular weight excluding hydrogens is 159 g/mol. The molecule has 0 atom stereocenters. The minimum absolute atomic E-state index is 0. The molecule has 0 aromatic heterocycles. The minimum Gasteiger partial charge on any atom is -1.00 e.